The summed E-state index contributed by atoms with van der Waals surface area (Å²) in [6, 6.07) is 15.2. The fourth-order valence-electron chi connectivity index (χ4n) is 2.07. The van der Waals surface area contributed by atoms with Crippen LogP contribution in [0, 0.1) is 0 Å². The van der Waals surface area contributed by atoms with Gasteiger partial charge in [0.15, 0.2) is 0 Å². The van der Waals surface area contributed by atoms with E-state index in [9.17, 15) is 9.90 Å². The monoisotopic (exact) mass is 280 g/mol. The number of rotatable bonds is 3. The van der Waals surface area contributed by atoms with Crippen molar-refractivity contribution < 1.29 is 15.0 Å². The number of phenols is 1. The summed E-state index contributed by atoms with van der Waals surface area (Å²) in [5.41, 5.74) is 3.31. The molecule has 1 aromatic heterocycles. The maximum absolute atomic E-state index is 11.0. The lowest BCUT2D eigenvalue weighted by Crippen LogP contribution is -1.95. The minimum absolute atomic E-state index is 0.202. The number of hydrogen-bond acceptors (Lipinski definition) is 3. The lowest BCUT2D eigenvalue weighted by molar-refractivity contribution is 0.0697. The van der Waals surface area contributed by atoms with Crippen molar-refractivity contribution in [2.45, 2.75) is 0 Å². The van der Waals surface area contributed by atoms with Gasteiger partial charge >= 0.3 is 5.97 Å². The number of phenolic OH excluding ortho intramolecular Hbond substituents is 1. The molecule has 5 nitrogen and oxygen atoms in total. The number of aromatic amines is 1. The smallest absolute Gasteiger partial charge is 0.335 e. The van der Waals surface area contributed by atoms with Gasteiger partial charge in [-0.15, -0.1) is 0 Å². The normalized spacial score (nSPS) is 10.5. The number of H-pyrrole nitrogens is 1. The molecule has 3 N–H and O–H groups in total. The zero-order chi connectivity index (χ0) is 14.8. The molecule has 0 radical (unpaired) electrons. The molecule has 0 amide bonds. The van der Waals surface area contributed by atoms with Gasteiger partial charge in [-0.05, 0) is 48.0 Å². The van der Waals surface area contributed by atoms with Crippen molar-refractivity contribution >= 4 is 5.97 Å². The minimum atomic E-state index is -0.967. The summed E-state index contributed by atoms with van der Waals surface area (Å²) >= 11 is 0. The van der Waals surface area contributed by atoms with Crippen LogP contribution in [-0.4, -0.2) is 26.4 Å². The highest BCUT2D eigenvalue weighted by molar-refractivity contribution is 5.89. The van der Waals surface area contributed by atoms with Crippen LogP contribution in [0.2, 0.25) is 0 Å². The Morgan fingerprint density at radius 1 is 1.00 bits per heavy atom. The summed E-state index contributed by atoms with van der Waals surface area (Å²) in [6.07, 6.45) is 0. The summed E-state index contributed by atoms with van der Waals surface area (Å²) in [6.45, 7) is 0. The number of carboxylic acid groups (broad SMARTS) is 1. The van der Waals surface area contributed by atoms with Crippen LogP contribution in [0.15, 0.2) is 54.6 Å². The second-order valence-corrected chi connectivity index (χ2v) is 4.60. The Kier molecular flexibility index (Phi) is 3.16. The number of nitrogens with zero attached hydrogens (tertiary/aromatic N) is 1. The molecule has 21 heavy (non-hydrogen) atoms. The quantitative estimate of drug-likeness (QED) is 0.688. The summed E-state index contributed by atoms with van der Waals surface area (Å²) in [5, 5.41) is 25.4. The number of benzene rings is 2. The zero-order valence-electron chi connectivity index (χ0n) is 10.9. The van der Waals surface area contributed by atoms with E-state index in [1.807, 2.05) is 12.1 Å². The Hall–Kier alpha value is -3.08. The van der Waals surface area contributed by atoms with Crippen molar-refractivity contribution in [3.63, 3.8) is 0 Å². The molecule has 0 saturated heterocycles. The van der Waals surface area contributed by atoms with Crippen LogP contribution < -0.4 is 0 Å². The molecular weight excluding hydrogens is 268 g/mol. The second-order valence-electron chi connectivity index (χ2n) is 4.60. The maximum atomic E-state index is 11.0. The van der Waals surface area contributed by atoms with Crippen molar-refractivity contribution in [3.05, 3.63) is 60.2 Å². The predicted molar refractivity (Wildman–Crippen MR) is 78.1 cm³/mol. The molecule has 5 heteroatoms. The summed E-state index contributed by atoms with van der Waals surface area (Å²) in [7, 11) is 0. The molecule has 1 heterocycles. The van der Waals surface area contributed by atoms with E-state index < -0.39 is 5.97 Å². The SMILES string of the molecule is O=C(O)c1cccc(-c2cc(-c3ccc(O)cc3)[nH]n2)c1. The number of aromatic hydroxyl groups is 1. The van der Waals surface area contributed by atoms with E-state index in [-0.39, 0.29) is 11.3 Å². The molecule has 104 valence electrons. The third-order valence-corrected chi connectivity index (χ3v) is 3.16. The van der Waals surface area contributed by atoms with Crippen LogP contribution in [0.4, 0.5) is 0 Å². The molecule has 0 aliphatic heterocycles. The molecule has 0 atom stereocenters. The van der Waals surface area contributed by atoms with Crippen LogP contribution in [0.25, 0.3) is 22.5 Å². The Morgan fingerprint density at radius 3 is 2.48 bits per heavy atom. The van der Waals surface area contributed by atoms with E-state index >= 15 is 0 Å². The average molecular weight is 280 g/mol. The first-order valence-electron chi connectivity index (χ1n) is 6.32. The summed E-state index contributed by atoms with van der Waals surface area (Å²) in [4.78, 5) is 11.0. The lowest BCUT2D eigenvalue weighted by atomic mass is 10.1. The van der Waals surface area contributed by atoms with Crippen LogP contribution in [-0.2, 0) is 0 Å². The molecule has 0 aliphatic rings. The van der Waals surface area contributed by atoms with Gasteiger partial charge in [0.05, 0.1) is 17.0 Å². The number of aromatic carboxylic acids is 1. The van der Waals surface area contributed by atoms with E-state index in [2.05, 4.69) is 10.2 Å². The number of carboxylic acids is 1. The molecule has 0 aliphatic carbocycles. The first kappa shape index (κ1) is 12.9. The predicted octanol–water partition coefficient (Wildman–Crippen LogP) is 3.15. The first-order chi connectivity index (χ1) is 10.1. The molecule has 0 bridgehead atoms. The lowest BCUT2D eigenvalue weighted by Gasteiger charge is -1.98. The van der Waals surface area contributed by atoms with Crippen LogP contribution in [0.1, 0.15) is 10.4 Å². The Morgan fingerprint density at radius 2 is 1.76 bits per heavy atom. The van der Waals surface area contributed by atoms with Gasteiger partial charge in [0, 0.05) is 5.56 Å². The van der Waals surface area contributed by atoms with E-state index in [1.54, 1.807) is 42.5 Å². The van der Waals surface area contributed by atoms with Crippen molar-refractivity contribution in [1.82, 2.24) is 10.2 Å². The van der Waals surface area contributed by atoms with E-state index in [1.165, 1.54) is 0 Å². The highest BCUT2D eigenvalue weighted by Crippen LogP contribution is 2.25. The molecule has 2 aromatic carbocycles. The number of nitrogens with one attached hydrogen (secondary N) is 1. The first-order valence-corrected chi connectivity index (χ1v) is 6.32. The summed E-state index contributed by atoms with van der Waals surface area (Å²) < 4.78 is 0. The molecule has 0 spiro atoms. The van der Waals surface area contributed by atoms with E-state index in [0.717, 1.165) is 16.8 Å². The van der Waals surface area contributed by atoms with E-state index in [0.29, 0.717) is 5.69 Å². The third kappa shape index (κ3) is 2.62. The van der Waals surface area contributed by atoms with Gasteiger partial charge in [0.1, 0.15) is 5.75 Å². The van der Waals surface area contributed by atoms with Crippen molar-refractivity contribution in [1.29, 1.82) is 0 Å². The maximum Gasteiger partial charge on any atom is 0.335 e. The van der Waals surface area contributed by atoms with Gasteiger partial charge in [-0.2, -0.15) is 5.10 Å². The van der Waals surface area contributed by atoms with Gasteiger partial charge in [0.2, 0.25) is 0 Å². The van der Waals surface area contributed by atoms with Crippen LogP contribution in [0.5, 0.6) is 5.75 Å². The standard InChI is InChI=1S/C16H12N2O3/c19-13-6-4-10(5-7-13)14-9-15(18-17-14)11-2-1-3-12(8-11)16(20)21/h1-9,19H,(H,17,18)(H,20,21). The molecule has 0 fully saturated rings. The van der Waals surface area contributed by atoms with Gasteiger partial charge < -0.3 is 10.2 Å². The van der Waals surface area contributed by atoms with Gasteiger partial charge in [-0.3, -0.25) is 5.10 Å². The molecule has 0 saturated carbocycles. The number of aromatic nitrogens is 2. The highest BCUT2D eigenvalue weighted by Gasteiger charge is 2.09. The summed E-state index contributed by atoms with van der Waals surface area (Å²) in [5.74, 6) is -0.765. The largest absolute Gasteiger partial charge is 0.508 e. The minimum Gasteiger partial charge on any atom is -0.508 e. The molecule has 0 unspecified atom stereocenters. The fourth-order valence-corrected chi connectivity index (χ4v) is 2.07. The Bertz CT molecular complexity index is 791. The van der Waals surface area contributed by atoms with Crippen molar-refractivity contribution in [2.24, 2.45) is 0 Å². The number of hydrogen-bond donors (Lipinski definition) is 3. The van der Waals surface area contributed by atoms with E-state index in [4.69, 9.17) is 5.11 Å². The van der Waals surface area contributed by atoms with Gasteiger partial charge in [-0.25, -0.2) is 4.79 Å². The van der Waals surface area contributed by atoms with Crippen molar-refractivity contribution in [3.8, 4) is 28.3 Å². The topological polar surface area (TPSA) is 86.2 Å². The van der Waals surface area contributed by atoms with Crippen molar-refractivity contribution in [2.75, 3.05) is 0 Å². The van der Waals surface area contributed by atoms with Gasteiger partial charge in [-0.1, -0.05) is 12.1 Å². The molecular formula is C16H12N2O3. The third-order valence-electron chi connectivity index (χ3n) is 3.16. The zero-order valence-corrected chi connectivity index (χ0v) is 10.9. The highest BCUT2D eigenvalue weighted by atomic mass is 16.4. The van der Waals surface area contributed by atoms with Gasteiger partial charge in [0.25, 0.3) is 0 Å². The average Bonchev–Trinajstić information content (AvgIpc) is 2.98. The molecule has 3 rings (SSSR count). The fraction of sp³-hybridized carbons (Fsp3) is 0. The molecule has 3 aromatic rings. The number of carbonyl (C=O) groups is 1. The Balaban J connectivity index is 1.96. The van der Waals surface area contributed by atoms with Crippen LogP contribution in [0.3, 0.4) is 0 Å². The Labute approximate surface area is 120 Å². The van der Waals surface area contributed by atoms with Crippen LogP contribution >= 0.6 is 0 Å². The second kappa shape index (κ2) is 5.13.